The Hall–Kier alpha value is -0.830. The summed E-state index contributed by atoms with van der Waals surface area (Å²) in [7, 11) is 2.00. The molecule has 0 bridgehead atoms. The number of hydrogen-bond donors (Lipinski definition) is 1. The van der Waals surface area contributed by atoms with Crippen LogP contribution >= 0.6 is 0 Å². The Morgan fingerprint density at radius 3 is 2.59 bits per heavy atom. The zero-order valence-corrected chi connectivity index (χ0v) is 11.8. The van der Waals surface area contributed by atoms with Crippen molar-refractivity contribution in [3.05, 3.63) is 17.5 Å². The molecule has 1 heterocycles. The van der Waals surface area contributed by atoms with Crippen LogP contribution in [0.15, 0.2) is 6.20 Å². The van der Waals surface area contributed by atoms with Crippen LogP contribution in [0.2, 0.25) is 0 Å². The van der Waals surface area contributed by atoms with Crippen LogP contribution in [0.4, 0.5) is 0 Å². The maximum atomic E-state index is 4.59. The molecule has 0 aliphatic heterocycles. The Labute approximate surface area is 105 Å². The lowest BCUT2D eigenvalue weighted by Gasteiger charge is -2.18. The van der Waals surface area contributed by atoms with E-state index in [4.69, 9.17) is 0 Å². The minimum atomic E-state index is 0.127. The highest BCUT2D eigenvalue weighted by atomic mass is 15.3. The Bertz CT molecular complexity index is 394. The van der Waals surface area contributed by atoms with E-state index in [1.807, 2.05) is 11.7 Å². The van der Waals surface area contributed by atoms with Crippen LogP contribution in [0, 0.1) is 5.41 Å². The van der Waals surface area contributed by atoms with E-state index in [0.717, 1.165) is 13.1 Å². The molecule has 3 nitrogen and oxygen atoms in total. The molecular formula is C14H25N3. The summed E-state index contributed by atoms with van der Waals surface area (Å²) in [5, 5.41) is 8.17. The van der Waals surface area contributed by atoms with Gasteiger partial charge in [0.1, 0.15) is 0 Å². The third-order valence-corrected chi connectivity index (χ3v) is 3.59. The van der Waals surface area contributed by atoms with Crippen LogP contribution < -0.4 is 5.32 Å². The molecule has 17 heavy (non-hydrogen) atoms. The Kier molecular flexibility index (Phi) is 3.06. The number of hydrogen-bond acceptors (Lipinski definition) is 2. The van der Waals surface area contributed by atoms with E-state index in [1.165, 1.54) is 24.1 Å². The summed E-state index contributed by atoms with van der Waals surface area (Å²) < 4.78 is 1.93. The molecule has 1 saturated carbocycles. The van der Waals surface area contributed by atoms with Crippen molar-refractivity contribution in [2.75, 3.05) is 6.54 Å². The second-order valence-corrected chi connectivity index (χ2v) is 6.84. The van der Waals surface area contributed by atoms with Gasteiger partial charge in [-0.25, -0.2) is 0 Å². The Morgan fingerprint density at radius 2 is 2.06 bits per heavy atom. The summed E-state index contributed by atoms with van der Waals surface area (Å²) in [6.07, 6.45) is 4.89. The molecule has 0 spiro atoms. The van der Waals surface area contributed by atoms with E-state index in [0.29, 0.717) is 5.41 Å². The minimum Gasteiger partial charge on any atom is -0.312 e. The first kappa shape index (κ1) is 12.6. The summed E-state index contributed by atoms with van der Waals surface area (Å²) in [6, 6.07) is 0. The van der Waals surface area contributed by atoms with Gasteiger partial charge in [0, 0.05) is 37.3 Å². The van der Waals surface area contributed by atoms with E-state index >= 15 is 0 Å². The molecular weight excluding hydrogens is 210 g/mol. The average molecular weight is 235 g/mol. The lowest BCUT2D eigenvalue weighted by atomic mass is 9.89. The Morgan fingerprint density at radius 1 is 1.41 bits per heavy atom. The summed E-state index contributed by atoms with van der Waals surface area (Å²) >= 11 is 0. The van der Waals surface area contributed by atoms with E-state index in [-0.39, 0.29) is 5.41 Å². The highest BCUT2D eigenvalue weighted by Gasteiger charge is 2.36. The third-order valence-electron chi connectivity index (χ3n) is 3.59. The topological polar surface area (TPSA) is 29.9 Å². The van der Waals surface area contributed by atoms with Gasteiger partial charge in [-0.15, -0.1) is 0 Å². The number of aryl methyl sites for hydroxylation is 1. The van der Waals surface area contributed by atoms with Crippen molar-refractivity contribution in [1.29, 1.82) is 0 Å². The normalized spacial score (nSPS) is 18.4. The lowest BCUT2D eigenvalue weighted by molar-refractivity contribution is 0.492. The van der Waals surface area contributed by atoms with Gasteiger partial charge in [0.2, 0.25) is 0 Å². The van der Waals surface area contributed by atoms with Gasteiger partial charge in [-0.1, -0.05) is 27.7 Å². The molecule has 1 aliphatic carbocycles. The lowest BCUT2D eigenvalue weighted by Crippen LogP contribution is -2.23. The zero-order valence-electron chi connectivity index (χ0n) is 11.8. The molecule has 0 saturated heterocycles. The standard InChI is InChI=1S/C14H25N3/c1-13(2,3)12-11(9-17(5)16-12)8-15-10-14(4)6-7-14/h9,15H,6-8,10H2,1-5H3. The fourth-order valence-corrected chi connectivity index (χ4v) is 2.19. The molecule has 0 atom stereocenters. The van der Waals surface area contributed by atoms with E-state index in [9.17, 15) is 0 Å². The second-order valence-electron chi connectivity index (χ2n) is 6.84. The molecule has 0 aromatic carbocycles. The van der Waals surface area contributed by atoms with Crippen molar-refractivity contribution in [3.63, 3.8) is 0 Å². The fraction of sp³-hybridized carbons (Fsp3) is 0.786. The molecule has 1 N–H and O–H groups in total. The first-order chi connectivity index (χ1) is 7.80. The molecule has 0 unspecified atom stereocenters. The smallest absolute Gasteiger partial charge is 0.0722 e. The van der Waals surface area contributed by atoms with Gasteiger partial charge >= 0.3 is 0 Å². The molecule has 1 aromatic rings. The maximum absolute atomic E-state index is 4.59. The van der Waals surface area contributed by atoms with Gasteiger partial charge in [-0.3, -0.25) is 4.68 Å². The van der Waals surface area contributed by atoms with Crippen molar-refractivity contribution in [3.8, 4) is 0 Å². The molecule has 96 valence electrons. The van der Waals surface area contributed by atoms with Crippen molar-refractivity contribution in [2.45, 2.75) is 52.5 Å². The monoisotopic (exact) mass is 235 g/mol. The van der Waals surface area contributed by atoms with Gasteiger partial charge in [0.15, 0.2) is 0 Å². The largest absolute Gasteiger partial charge is 0.312 e. The average Bonchev–Trinajstić information content (AvgIpc) is 2.77. The third kappa shape index (κ3) is 3.09. The van der Waals surface area contributed by atoms with Gasteiger partial charge < -0.3 is 5.32 Å². The Balaban J connectivity index is 1.99. The van der Waals surface area contributed by atoms with E-state index in [2.05, 4.69) is 44.3 Å². The van der Waals surface area contributed by atoms with Crippen molar-refractivity contribution in [1.82, 2.24) is 15.1 Å². The predicted molar refractivity (Wildman–Crippen MR) is 71.0 cm³/mol. The van der Waals surface area contributed by atoms with Crippen LogP contribution in [0.5, 0.6) is 0 Å². The van der Waals surface area contributed by atoms with Gasteiger partial charge in [-0.2, -0.15) is 5.10 Å². The highest BCUT2D eigenvalue weighted by molar-refractivity contribution is 5.23. The predicted octanol–water partition coefficient (Wildman–Crippen LogP) is 2.61. The van der Waals surface area contributed by atoms with Crippen molar-refractivity contribution in [2.24, 2.45) is 12.5 Å². The van der Waals surface area contributed by atoms with E-state index in [1.54, 1.807) is 0 Å². The minimum absolute atomic E-state index is 0.127. The van der Waals surface area contributed by atoms with E-state index < -0.39 is 0 Å². The maximum Gasteiger partial charge on any atom is 0.0722 e. The second kappa shape index (κ2) is 4.13. The summed E-state index contributed by atoms with van der Waals surface area (Å²) in [4.78, 5) is 0. The molecule has 2 rings (SSSR count). The van der Waals surface area contributed by atoms with Gasteiger partial charge in [0.25, 0.3) is 0 Å². The van der Waals surface area contributed by atoms with Gasteiger partial charge in [0.05, 0.1) is 5.69 Å². The number of rotatable bonds is 4. The molecule has 3 heteroatoms. The van der Waals surface area contributed by atoms with Crippen LogP contribution in [0.3, 0.4) is 0 Å². The van der Waals surface area contributed by atoms with Crippen LogP contribution in [0.1, 0.15) is 51.8 Å². The zero-order chi connectivity index (χ0) is 12.7. The molecule has 0 radical (unpaired) electrons. The quantitative estimate of drug-likeness (QED) is 0.869. The van der Waals surface area contributed by atoms with Gasteiger partial charge in [-0.05, 0) is 18.3 Å². The summed E-state index contributed by atoms with van der Waals surface area (Å²) in [6.45, 7) is 11.1. The number of nitrogens with one attached hydrogen (secondary N) is 1. The molecule has 1 fully saturated rings. The van der Waals surface area contributed by atoms with Crippen molar-refractivity contribution < 1.29 is 0 Å². The highest BCUT2D eigenvalue weighted by Crippen LogP contribution is 2.44. The van der Waals surface area contributed by atoms with Crippen LogP contribution in [-0.2, 0) is 19.0 Å². The molecule has 1 aliphatic rings. The molecule has 0 amide bonds. The van der Waals surface area contributed by atoms with Crippen LogP contribution in [-0.4, -0.2) is 16.3 Å². The summed E-state index contributed by atoms with van der Waals surface area (Å²) in [5.41, 5.74) is 3.25. The molecule has 1 aromatic heterocycles. The first-order valence-corrected chi connectivity index (χ1v) is 6.54. The van der Waals surface area contributed by atoms with Crippen molar-refractivity contribution >= 4 is 0 Å². The SMILES string of the molecule is Cn1cc(CNCC2(C)CC2)c(C(C)(C)C)n1. The first-order valence-electron chi connectivity index (χ1n) is 6.54. The number of aromatic nitrogens is 2. The number of nitrogens with zero attached hydrogens (tertiary/aromatic N) is 2. The fourth-order valence-electron chi connectivity index (χ4n) is 2.19. The van der Waals surface area contributed by atoms with Crippen LogP contribution in [0.25, 0.3) is 0 Å². The summed E-state index contributed by atoms with van der Waals surface area (Å²) in [5.74, 6) is 0.